The van der Waals surface area contributed by atoms with E-state index in [1.165, 1.54) is 38.5 Å². The van der Waals surface area contributed by atoms with E-state index in [4.69, 9.17) is 4.74 Å². The molecule has 0 amide bonds. The van der Waals surface area contributed by atoms with Crippen LogP contribution in [0.25, 0.3) is 0 Å². The maximum atomic E-state index is 5.72. The van der Waals surface area contributed by atoms with Crippen molar-refractivity contribution in [3.8, 4) is 0 Å². The highest BCUT2D eigenvalue weighted by Crippen LogP contribution is 2.19. The van der Waals surface area contributed by atoms with E-state index >= 15 is 0 Å². The third-order valence-corrected chi connectivity index (χ3v) is 4.12. The van der Waals surface area contributed by atoms with Crippen LogP contribution >= 0.6 is 0 Å². The molecule has 4 heteroatoms. The van der Waals surface area contributed by atoms with Crippen LogP contribution in [0.15, 0.2) is 16.6 Å². The van der Waals surface area contributed by atoms with Gasteiger partial charge in [-0.3, -0.25) is 4.99 Å². The molecular formula is C16H29N3O. The fraction of sp³-hybridized carbons (Fsp3) is 0.812. The zero-order valence-corrected chi connectivity index (χ0v) is 12.8. The third kappa shape index (κ3) is 5.53. The molecule has 0 aromatic rings. The van der Waals surface area contributed by atoms with Crippen molar-refractivity contribution in [2.45, 2.75) is 57.5 Å². The van der Waals surface area contributed by atoms with Crippen LogP contribution in [0.5, 0.6) is 0 Å². The van der Waals surface area contributed by atoms with Crippen molar-refractivity contribution < 1.29 is 4.74 Å². The predicted octanol–water partition coefficient (Wildman–Crippen LogP) is 2.61. The summed E-state index contributed by atoms with van der Waals surface area (Å²) in [6.07, 6.45) is 12.8. The second-order valence-corrected chi connectivity index (χ2v) is 5.73. The molecule has 1 fully saturated rings. The first-order valence-corrected chi connectivity index (χ1v) is 8.12. The average Bonchev–Trinajstić information content (AvgIpc) is 2.52. The molecule has 2 N–H and O–H groups in total. The first-order valence-electron chi connectivity index (χ1n) is 8.12. The van der Waals surface area contributed by atoms with E-state index in [1.54, 1.807) is 5.57 Å². The van der Waals surface area contributed by atoms with E-state index in [0.29, 0.717) is 6.10 Å². The van der Waals surface area contributed by atoms with E-state index in [2.05, 4.69) is 21.7 Å². The molecule has 4 nitrogen and oxygen atoms in total. The Morgan fingerprint density at radius 1 is 1.30 bits per heavy atom. The summed E-state index contributed by atoms with van der Waals surface area (Å²) in [6.45, 7) is 2.74. The van der Waals surface area contributed by atoms with Gasteiger partial charge >= 0.3 is 0 Å². The average molecular weight is 279 g/mol. The summed E-state index contributed by atoms with van der Waals surface area (Å²) in [5.74, 6) is 0.899. The first kappa shape index (κ1) is 15.4. The number of hydrogen-bond acceptors (Lipinski definition) is 2. The Morgan fingerprint density at radius 3 is 2.95 bits per heavy atom. The number of ether oxygens (including phenoxy) is 1. The van der Waals surface area contributed by atoms with Crippen LogP contribution in [-0.2, 0) is 4.74 Å². The molecule has 2 aliphatic rings. The molecule has 1 aliphatic heterocycles. The van der Waals surface area contributed by atoms with Crippen LogP contribution < -0.4 is 10.6 Å². The van der Waals surface area contributed by atoms with Gasteiger partial charge in [-0.2, -0.15) is 0 Å². The van der Waals surface area contributed by atoms with Crippen LogP contribution in [0, 0.1) is 0 Å². The summed E-state index contributed by atoms with van der Waals surface area (Å²) in [5, 5.41) is 6.77. The summed E-state index contributed by atoms with van der Waals surface area (Å²) < 4.78 is 5.72. The van der Waals surface area contributed by atoms with E-state index in [1.807, 2.05) is 7.05 Å². The molecule has 0 radical (unpaired) electrons. The second-order valence-electron chi connectivity index (χ2n) is 5.73. The highest BCUT2D eigenvalue weighted by atomic mass is 16.5. The molecule has 1 unspecified atom stereocenters. The Bertz CT molecular complexity index is 333. The quantitative estimate of drug-likeness (QED) is 0.462. The minimum Gasteiger partial charge on any atom is -0.376 e. The van der Waals surface area contributed by atoms with E-state index < -0.39 is 0 Å². The Morgan fingerprint density at radius 2 is 2.25 bits per heavy atom. The Hall–Kier alpha value is -1.03. The molecule has 2 rings (SSSR count). The molecule has 1 atom stereocenters. The molecule has 1 heterocycles. The molecule has 0 aromatic carbocycles. The molecule has 0 spiro atoms. The fourth-order valence-electron chi connectivity index (χ4n) is 2.87. The SMILES string of the molecule is CN=C(NCCC1=CCCCC1)NCC1CCCCO1. The first-order chi connectivity index (χ1) is 9.88. The van der Waals surface area contributed by atoms with Gasteiger partial charge in [0.05, 0.1) is 6.10 Å². The van der Waals surface area contributed by atoms with E-state index in [9.17, 15) is 0 Å². The maximum Gasteiger partial charge on any atom is 0.191 e. The smallest absolute Gasteiger partial charge is 0.191 e. The van der Waals surface area contributed by atoms with Crippen LogP contribution in [0.3, 0.4) is 0 Å². The third-order valence-electron chi connectivity index (χ3n) is 4.12. The summed E-state index contributed by atoms with van der Waals surface area (Å²) >= 11 is 0. The number of guanidine groups is 1. The van der Waals surface area contributed by atoms with Gasteiger partial charge in [0.2, 0.25) is 0 Å². The van der Waals surface area contributed by atoms with Gasteiger partial charge < -0.3 is 15.4 Å². The van der Waals surface area contributed by atoms with Crippen molar-refractivity contribution in [2.75, 3.05) is 26.7 Å². The lowest BCUT2D eigenvalue weighted by molar-refractivity contribution is 0.0194. The molecule has 0 bridgehead atoms. The summed E-state index contributed by atoms with van der Waals surface area (Å²) in [6, 6.07) is 0. The standard InChI is InChI=1S/C16H29N3O/c1-17-16(19-13-15-9-5-6-12-20-15)18-11-10-14-7-3-2-4-8-14/h7,15H,2-6,8-13H2,1H3,(H2,17,18,19). The largest absolute Gasteiger partial charge is 0.376 e. The number of nitrogens with one attached hydrogen (secondary N) is 2. The lowest BCUT2D eigenvalue weighted by atomic mass is 9.97. The zero-order chi connectivity index (χ0) is 14.0. The van der Waals surface area contributed by atoms with Crippen LogP contribution in [0.1, 0.15) is 51.4 Å². The lowest BCUT2D eigenvalue weighted by Gasteiger charge is -2.23. The molecule has 1 aliphatic carbocycles. The van der Waals surface area contributed by atoms with Crippen molar-refractivity contribution in [2.24, 2.45) is 4.99 Å². The van der Waals surface area contributed by atoms with Crippen molar-refractivity contribution in [3.63, 3.8) is 0 Å². The molecule has 0 saturated carbocycles. The van der Waals surface area contributed by atoms with Gasteiger partial charge in [-0.1, -0.05) is 11.6 Å². The minimum absolute atomic E-state index is 0.350. The van der Waals surface area contributed by atoms with Gasteiger partial charge in [-0.15, -0.1) is 0 Å². The van der Waals surface area contributed by atoms with Crippen molar-refractivity contribution >= 4 is 5.96 Å². The topological polar surface area (TPSA) is 45.7 Å². The molecule has 1 saturated heterocycles. The summed E-state index contributed by atoms with van der Waals surface area (Å²) in [7, 11) is 1.83. The molecule has 20 heavy (non-hydrogen) atoms. The minimum atomic E-state index is 0.350. The molecule has 0 aromatic heterocycles. The molecular weight excluding hydrogens is 250 g/mol. The van der Waals surface area contributed by atoms with Gasteiger partial charge in [0.1, 0.15) is 0 Å². The van der Waals surface area contributed by atoms with Gasteiger partial charge in [0.15, 0.2) is 5.96 Å². The number of allylic oxidation sites excluding steroid dienone is 1. The highest BCUT2D eigenvalue weighted by Gasteiger charge is 2.13. The Balaban J connectivity index is 1.60. The highest BCUT2D eigenvalue weighted by molar-refractivity contribution is 5.79. The van der Waals surface area contributed by atoms with E-state index in [0.717, 1.165) is 38.5 Å². The number of rotatable bonds is 5. The lowest BCUT2D eigenvalue weighted by Crippen LogP contribution is -2.42. The normalized spacial score (nSPS) is 24.1. The number of aliphatic imine (C=N–C) groups is 1. The van der Waals surface area contributed by atoms with Gasteiger partial charge in [-0.25, -0.2) is 0 Å². The molecule has 114 valence electrons. The van der Waals surface area contributed by atoms with Crippen molar-refractivity contribution in [1.29, 1.82) is 0 Å². The second kappa shape index (κ2) is 9.01. The van der Waals surface area contributed by atoms with Crippen LogP contribution in [-0.4, -0.2) is 38.8 Å². The summed E-state index contributed by atoms with van der Waals surface area (Å²) in [5.41, 5.74) is 1.61. The van der Waals surface area contributed by atoms with Crippen LogP contribution in [0.4, 0.5) is 0 Å². The van der Waals surface area contributed by atoms with E-state index in [-0.39, 0.29) is 0 Å². The van der Waals surface area contributed by atoms with Crippen molar-refractivity contribution in [3.05, 3.63) is 11.6 Å². The monoisotopic (exact) mass is 279 g/mol. The fourth-order valence-corrected chi connectivity index (χ4v) is 2.87. The Kier molecular flexibility index (Phi) is 6.92. The van der Waals surface area contributed by atoms with Gasteiger partial charge in [-0.05, 0) is 51.4 Å². The predicted molar refractivity (Wildman–Crippen MR) is 84.1 cm³/mol. The van der Waals surface area contributed by atoms with Gasteiger partial charge in [0.25, 0.3) is 0 Å². The Labute approximate surface area is 123 Å². The summed E-state index contributed by atoms with van der Waals surface area (Å²) in [4.78, 5) is 4.27. The van der Waals surface area contributed by atoms with Crippen LogP contribution in [0.2, 0.25) is 0 Å². The zero-order valence-electron chi connectivity index (χ0n) is 12.8. The van der Waals surface area contributed by atoms with Gasteiger partial charge in [0, 0.05) is 26.7 Å². The maximum absolute atomic E-state index is 5.72. The number of nitrogens with zero attached hydrogens (tertiary/aromatic N) is 1. The van der Waals surface area contributed by atoms with Crippen molar-refractivity contribution in [1.82, 2.24) is 10.6 Å². The number of hydrogen-bond donors (Lipinski definition) is 2.